The molecule has 0 unspecified atom stereocenters. The number of nitrogens with one attached hydrogen (secondary N) is 1. The van der Waals surface area contributed by atoms with Crippen LogP contribution >= 0.6 is 11.8 Å². The van der Waals surface area contributed by atoms with E-state index in [1.54, 1.807) is 6.33 Å². The Morgan fingerprint density at radius 3 is 2.74 bits per heavy atom. The fraction of sp³-hybridized carbons (Fsp3) is 0.529. The van der Waals surface area contributed by atoms with E-state index >= 15 is 0 Å². The van der Waals surface area contributed by atoms with Gasteiger partial charge in [0.1, 0.15) is 17.6 Å². The van der Waals surface area contributed by atoms with E-state index in [0.717, 1.165) is 48.5 Å². The number of amides is 1. The average molecular weight is 389 g/mol. The van der Waals surface area contributed by atoms with Crippen molar-refractivity contribution < 1.29 is 9.21 Å². The van der Waals surface area contributed by atoms with Gasteiger partial charge in [0.2, 0.25) is 5.96 Å². The fourth-order valence-corrected chi connectivity index (χ4v) is 4.05. The number of piperidine rings is 1. The highest BCUT2D eigenvalue weighted by molar-refractivity contribution is 7.99. The van der Waals surface area contributed by atoms with E-state index in [1.165, 1.54) is 11.8 Å². The van der Waals surface area contributed by atoms with E-state index in [9.17, 15) is 4.79 Å². The lowest BCUT2D eigenvalue weighted by Gasteiger charge is -2.34. The van der Waals surface area contributed by atoms with Crippen LogP contribution in [0.4, 0.5) is 0 Å². The number of aryl methyl sites for hydroxylation is 1. The van der Waals surface area contributed by atoms with Crippen LogP contribution in [0, 0.1) is 0 Å². The molecule has 1 N–H and O–H groups in total. The van der Waals surface area contributed by atoms with Crippen molar-refractivity contribution in [3.8, 4) is 0 Å². The van der Waals surface area contributed by atoms with E-state index < -0.39 is 5.54 Å². The minimum absolute atomic E-state index is 0.0196. The summed E-state index contributed by atoms with van der Waals surface area (Å²) in [5.74, 6) is 1.58. The van der Waals surface area contributed by atoms with Gasteiger partial charge >= 0.3 is 0 Å². The molecule has 2 aliphatic rings. The van der Waals surface area contributed by atoms with E-state index in [1.807, 2.05) is 42.7 Å². The molecule has 1 fully saturated rings. The fourth-order valence-electron chi connectivity index (χ4n) is 3.30. The summed E-state index contributed by atoms with van der Waals surface area (Å²) in [4.78, 5) is 21.2. The van der Waals surface area contributed by atoms with Gasteiger partial charge in [0.25, 0.3) is 5.91 Å². The molecule has 27 heavy (non-hydrogen) atoms. The zero-order chi connectivity index (χ0) is 19.0. The number of carbonyl (C=O) groups excluding carboxylic acids is 1. The van der Waals surface area contributed by atoms with Gasteiger partial charge in [0.15, 0.2) is 10.2 Å². The van der Waals surface area contributed by atoms with Crippen molar-refractivity contribution >= 4 is 23.6 Å². The Kier molecular flexibility index (Phi) is 4.68. The summed E-state index contributed by atoms with van der Waals surface area (Å²) in [5, 5.41) is 12.4. The molecule has 0 aliphatic carbocycles. The molecule has 9 nitrogen and oxygen atoms in total. The third-order valence-electron chi connectivity index (χ3n) is 4.95. The van der Waals surface area contributed by atoms with E-state index in [0.29, 0.717) is 5.96 Å². The molecule has 2 aliphatic heterocycles. The van der Waals surface area contributed by atoms with Crippen molar-refractivity contribution in [3.63, 3.8) is 0 Å². The number of carbonyl (C=O) groups is 1. The minimum Gasteiger partial charge on any atom is -0.453 e. The smallest absolute Gasteiger partial charge is 0.254 e. The summed E-state index contributed by atoms with van der Waals surface area (Å²) in [6, 6.07) is 3.95. The minimum atomic E-state index is -0.606. The summed E-state index contributed by atoms with van der Waals surface area (Å²) in [7, 11) is 5.68. The molecule has 0 aromatic carbocycles. The van der Waals surface area contributed by atoms with Crippen molar-refractivity contribution in [3.05, 3.63) is 24.2 Å². The number of aromatic nitrogens is 3. The number of aliphatic imine (C=N–C) groups is 1. The Balaban J connectivity index is 1.35. The average Bonchev–Trinajstić information content (AvgIpc) is 3.33. The van der Waals surface area contributed by atoms with Crippen molar-refractivity contribution in [2.45, 2.75) is 35.2 Å². The SMILES string of the molecule is CN(C)C1=NC2(CCN(Cc3ccc(Sc4nncn4C)o3)CC2)C(=O)N1. The van der Waals surface area contributed by atoms with Crippen LogP contribution in [-0.4, -0.2) is 69.2 Å². The first-order chi connectivity index (χ1) is 12.9. The number of nitrogens with zero attached hydrogens (tertiary/aromatic N) is 6. The summed E-state index contributed by atoms with van der Waals surface area (Å²) >= 11 is 1.45. The summed E-state index contributed by atoms with van der Waals surface area (Å²) in [5.41, 5.74) is -0.606. The number of hydrogen-bond donors (Lipinski definition) is 1. The molecule has 0 saturated carbocycles. The molecule has 4 heterocycles. The van der Waals surface area contributed by atoms with Crippen molar-refractivity contribution in [2.24, 2.45) is 12.0 Å². The highest BCUT2D eigenvalue weighted by atomic mass is 32.2. The van der Waals surface area contributed by atoms with Crippen LogP contribution in [0.2, 0.25) is 0 Å². The monoisotopic (exact) mass is 389 g/mol. The van der Waals surface area contributed by atoms with Gasteiger partial charge in [-0.15, -0.1) is 10.2 Å². The van der Waals surface area contributed by atoms with Crippen LogP contribution < -0.4 is 5.32 Å². The standard InChI is InChI=1S/C17H23N7O2S/c1-22(2)15-19-14(25)17(20-15)6-8-24(9-7-17)10-12-4-5-13(26-12)27-16-21-18-11-23(16)3/h4-5,11H,6-10H2,1-3H3,(H,19,20,25). The molecular weight excluding hydrogens is 366 g/mol. The lowest BCUT2D eigenvalue weighted by atomic mass is 9.88. The molecular formula is C17H23N7O2S. The predicted molar refractivity (Wildman–Crippen MR) is 100 cm³/mol. The molecule has 1 spiro atoms. The van der Waals surface area contributed by atoms with Crippen LogP contribution in [0.3, 0.4) is 0 Å². The first-order valence-corrected chi connectivity index (χ1v) is 9.68. The van der Waals surface area contributed by atoms with Gasteiger partial charge in [-0.3, -0.25) is 15.0 Å². The summed E-state index contributed by atoms with van der Waals surface area (Å²) < 4.78 is 7.78. The number of guanidine groups is 1. The number of rotatable bonds is 4. The maximum Gasteiger partial charge on any atom is 0.254 e. The van der Waals surface area contributed by atoms with Crippen molar-refractivity contribution in [1.29, 1.82) is 0 Å². The number of likely N-dealkylation sites (tertiary alicyclic amines) is 1. The van der Waals surface area contributed by atoms with Gasteiger partial charge in [0, 0.05) is 34.2 Å². The maximum atomic E-state index is 12.4. The van der Waals surface area contributed by atoms with Gasteiger partial charge < -0.3 is 13.9 Å². The second kappa shape index (κ2) is 7.01. The Morgan fingerprint density at radius 1 is 1.33 bits per heavy atom. The van der Waals surface area contributed by atoms with Crippen molar-refractivity contribution in [2.75, 3.05) is 27.2 Å². The number of hydrogen-bond acceptors (Lipinski definition) is 8. The van der Waals surface area contributed by atoms with Crippen LogP contribution in [0.5, 0.6) is 0 Å². The summed E-state index contributed by atoms with van der Waals surface area (Å²) in [6.07, 6.45) is 3.11. The summed E-state index contributed by atoms with van der Waals surface area (Å²) in [6.45, 7) is 2.34. The van der Waals surface area contributed by atoms with Gasteiger partial charge in [-0.25, -0.2) is 4.99 Å². The Bertz CT molecular complexity index is 864. The molecule has 1 saturated heterocycles. The van der Waals surface area contributed by atoms with Gasteiger partial charge in [-0.1, -0.05) is 0 Å². The highest BCUT2D eigenvalue weighted by Gasteiger charge is 2.46. The molecule has 0 bridgehead atoms. The molecule has 1 amide bonds. The molecule has 10 heteroatoms. The molecule has 2 aromatic rings. The maximum absolute atomic E-state index is 12.4. The van der Waals surface area contributed by atoms with Crippen LogP contribution in [-0.2, 0) is 18.4 Å². The number of furan rings is 1. The van der Waals surface area contributed by atoms with Crippen LogP contribution in [0.15, 0.2) is 38.1 Å². The predicted octanol–water partition coefficient (Wildman–Crippen LogP) is 0.941. The lowest BCUT2D eigenvalue weighted by Crippen LogP contribution is -2.49. The topological polar surface area (TPSA) is 91.8 Å². The van der Waals surface area contributed by atoms with Gasteiger partial charge in [-0.05, 0) is 36.7 Å². The zero-order valence-electron chi connectivity index (χ0n) is 15.7. The van der Waals surface area contributed by atoms with Crippen LogP contribution in [0.25, 0.3) is 0 Å². The van der Waals surface area contributed by atoms with Crippen molar-refractivity contribution in [1.82, 2.24) is 29.9 Å². The van der Waals surface area contributed by atoms with Gasteiger partial charge in [0.05, 0.1) is 6.54 Å². The quantitative estimate of drug-likeness (QED) is 0.832. The third-order valence-corrected chi connectivity index (χ3v) is 5.93. The van der Waals surface area contributed by atoms with Gasteiger partial charge in [-0.2, -0.15) is 0 Å². The third kappa shape index (κ3) is 3.59. The molecule has 2 aromatic heterocycles. The highest BCUT2D eigenvalue weighted by Crippen LogP contribution is 2.32. The second-order valence-corrected chi connectivity index (χ2v) is 8.11. The van der Waals surface area contributed by atoms with E-state index in [2.05, 4.69) is 25.4 Å². The van der Waals surface area contributed by atoms with E-state index in [4.69, 9.17) is 4.42 Å². The molecule has 0 radical (unpaired) electrons. The largest absolute Gasteiger partial charge is 0.453 e. The normalized spacial score (nSPS) is 19.4. The first-order valence-electron chi connectivity index (χ1n) is 8.87. The molecule has 0 atom stereocenters. The Morgan fingerprint density at radius 2 is 2.11 bits per heavy atom. The Labute approximate surface area is 161 Å². The Hall–Kier alpha value is -2.33. The first kappa shape index (κ1) is 18.1. The lowest BCUT2D eigenvalue weighted by molar-refractivity contribution is -0.125. The molecule has 144 valence electrons. The van der Waals surface area contributed by atoms with Crippen LogP contribution in [0.1, 0.15) is 18.6 Å². The second-order valence-electron chi connectivity index (χ2n) is 7.14. The zero-order valence-corrected chi connectivity index (χ0v) is 16.5. The van der Waals surface area contributed by atoms with E-state index in [-0.39, 0.29) is 5.91 Å². The molecule has 4 rings (SSSR count).